The van der Waals surface area contributed by atoms with Gasteiger partial charge in [-0.25, -0.2) is 8.42 Å². The third-order valence-corrected chi connectivity index (χ3v) is 6.07. The number of piperidine rings is 1. The highest BCUT2D eigenvalue weighted by atomic mass is 32.2. The number of hydrogen-bond donors (Lipinski definition) is 2. The first kappa shape index (κ1) is 19.3. The van der Waals surface area contributed by atoms with E-state index < -0.39 is 20.9 Å². The molecule has 0 aromatic heterocycles. The third kappa shape index (κ3) is 4.33. The van der Waals surface area contributed by atoms with E-state index in [1.165, 1.54) is 16.4 Å². The van der Waals surface area contributed by atoms with Gasteiger partial charge in [0.25, 0.3) is 5.69 Å². The average Bonchev–Trinajstić information content (AvgIpc) is 2.59. The number of rotatable bonds is 6. The molecule has 1 atom stereocenters. The highest BCUT2D eigenvalue weighted by molar-refractivity contribution is 7.89. The fourth-order valence-corrected chi connectivity index (χ4v) is 4.35. The van der Waals surface area contributed by atoms with Gasteiger partial charge in [-0.05, 0) is 25.8 Å². The van der Waals surface area contributed by atoms with Crippen LogP contribution in [0.25, 0.3) is 0 Å². The number of carbonyl (C=O) groups excluding carboxylic acids is 1. The molecule has 0 saturated carbocycles. The number of benzene rings is 1. The molecule has 1 unspecified atom stereocenters. The monoisotopic (exact) mass is 370 g/mol. The van der Waals surface area contributed by atoms with E-state index in [0.717, 1.165) is 6.07 Å². The molecule has 0 radical (unpaired) electrons. The first-order valence-corrected chi connectivity index (χ1v) is 9.44. The lowest BCUT2D eigenvalue weighted by molar-refractivity contribution is -0.385. The second kappa shape index (κ2) is 7.89. The van der Waals surface area contributed by atoms with E-state index in [1.54, 1.807) is 6.92 Å². The summed E-state index contributed by atoms with van der Waals surface area (Å²) in [7, 11) is -3.90. The van der Waals surface area contributed by atoms with Crippen LogP contribution in [0.5, 0.6) is 0 Å². The first-order chi connectivity index (χ1) is 11.8. The summed E-state index contributed by atoms with van der Waals surface area (Å²) < 4.78 is 26.8. The van der Waals surface area contributed by atoms with Crippen LogP contribution in [0.15, 0.2) is 23.1 Å². The van der Waals surface area contributed by atoms with Crippen molar-refractivity contribution in [2.75, 3.05) is 26.2 Å². The summed E-state index contributed by atoms with van der Waals surface area (Å²) in [5.41, 5.74) is 5.50. The lowest BCUT2D eigenvalue weighted by atomic mass is 9.99. The summed E-state index contributed by atoms with van der Waals surface area (Å²) in [4.78, 5) is 22.4. The van der Waals surface area contributed by atoms with Crippen LogP contribution in [0.4, 0.5) is 5.69 Å². The number of amides is 1. The zero-order valence-corrected chi connectivity index (χ0v) is 14.8. The number of nitro benzene ring substituents is 1. The molecule has 0 aliphatic carbocycles. The SMILES string of the molecule is Cc1ccc(S(=O)(=O)N2CCCC(C(=O)NCCN)C2)cc1[N+](=O)[O-]. The minimum Gasteiger partial charge on any atom is -0.355 e. The van der Waals surface area contributed by atoms with Gasteiger partial charge in [0, 0.05) is 37.8 Å². The minimum absolute atomic E-state index is 0.0560. The summed E-state index contributed by atoms with van der Waals surface area (Å²) in [5, 5.41) is 13.7. The molecule has 1 heterocycles. The quantitative estimate of drug-likeness (QED) is 0.549. The molecule has 1 aromatic rings. The topological polar surface area (TPSA) is 136 Å². The van der Waals surface area contributed by atoms with E-state index >= 15 is 0 Å². The molecular formula is C15H22N4O5S. The van der Waals surface area contributed by atoms with Gasteiger partial charge in [-0.15, -0.1) is 0 Å². The van der Waals surface area contributed by atoms with Gasteiger partial charge >= 0.3 is 0 Å². The molecule has 0 spiro atoms. The second-order valence-electron chi connectivity index (χ2n) is 5.99. The molecule has 25 heavy (non-hydrogen) atoms. The Labute approximate surface area is 146 Å². The Morgan fingerprint density at radius 2 is 2.20 bits per heavy atom. The number of nitrogens with two attached hydrogens (primary N) is 1. The molecule has 10 heteroatoms. The Morgan fingerprint density at radius 3 is 2.84 bits per heavy atom. The maximum Gasteiger partial charge on any atom is 0.273 e. The van der Waals surface area contributed by atoms with Gasteiger partial charge in [0.1, 0.15) is 0 Å². The zero-order chi connectivity index (χ0) is 18.6. The maximum atomic E-state index is 12.8. The van der Waals surface area contributed by atoms with Gasteiger partial charge in [-0.3, -0.25) is 14.9 Å². The minimum atomic E-state index is -3.90. The van der Waals surface area contributed by atoms with Gasteiger partial charge < -0.3 is 11.1 Å². The summed E-state index contributed by atoms with van der Waals surface area (Å²) >= 11 is 0. The molecule has 1 aliphatic heterocycles. The van der Waals surface area contributed by atoms with Crippen LogP contribution in [-0.2, 0) is 14.8 Å². The molecule has 1 fully saturated rings. The summed E-state index contributed by atoms with van der Waals surface area (Å²) in [6, 6.07) is 3.85. The third-order valence-electron chi connectivity index (χ3n) is 4.21. The predicted octanol–water partition coefficient (Wildman–Crippen LogP) is 0.379. The lowest BCUT2D eigenvalue weighted by Gasteiger charge is -2.31. The van der Waals surface area contributed by atoms with Crippen molar-refractivity contribution in [1.82, 2.24) is 9.62 Å². The molecule has 1 amide bonds. The van der Waals surface area contributed by atoms with Crippen LogP contribution in [0.1, 0.15) is 18.4 Å². The highest BCUT2D eigenvalue weighted by Crippen LogP contribution is 2.27. The summed E-state index contributed by atoms with van der Waals surface area (Å²) in [6.45, 7) is 2.54. The number of sulfonamides is 1. The number of nitrogens with zero attached hydrogens (tertiary/aromatic N) is 2. The van der Waals surface area contributed by atoms with Crippen molar-refractivity contribution >= 4 is 21.6 Å². The Morgan fingerprint density at radius 1 is 1.48 bits per heavy atom. The second-order valence-corrected chi connectivity index (χ2v) is 7.93. The molecule has 1 aliphatic rings. The van der Waals surface area contributed by atoms with Gasteiger partial charge in [-0.2, -0.15) is 4.31 Å². The Kier molecular flexibility index (Phi) is 6.09. The van der Waals surface area contributed by atoms with Crippen LogP contribution in [-0.4, -0.2) is 49.7 Å². The van der Waals surface area contributed by atoms with Crippen molar-refractivity contribution in [2.45, 2.75) is 24.7 Å². The molecule has 9 nitrogen and oxygen atoms in total. The van der Waals surface area contributed by atoms with Crippen molar-refractivity contribution in [3.05, 3.63) is 33.9 Å². The van der Waals surface area contributed by atoms with Gasteiger partial charge in [0.05, 0.1) is 15.7 Å². The number of carbonyl (C=O) groups is 1. The van der Waals surface area contributed by atoms with Gasteiger partial charge in [0.15, 0.2) is 0 Å². The van der Waals surface area contributed by atoms with E-state index in [2.05, 4.69) is 5.32 Å². The Hall–Kier alpha value is -2.04. The molecular weight excluding hydrogens is 348 g/mol. The normalized spacial score (nSPS) is 18.7. The number of nitrogens with one attached hydrogen (secondary N) is 1. The summed E-state index contributed by atoms with van der Waals surface area (Å²) in [5.74, 6) is -0.671. The van der Waals surface area contributed by atoms with E-state index in [-0.39, 0.29) is 29.6 Å². The van der Waals surface area contributed by atoms with Crippen LogP contribution in [0.3, 0.4) is 0 Å². The predicted molar refractivity (Wildman–Crippen MR) is 91.4 cm³/mol. The number of aryl methyl sites for hydroxylation is 1. The van der Waals surface area contributed by atoms with Crippen molar-refractivity contribution in [2.24, 2.45) is 11.7 Å². The average molecular weight is 370 g/mol. The molecule has 138 valence electrons. The number of hydrogen-bond acceptors (Lipinski definition) is 6. The first-order valence-electron chi connectivity index (χ1n) is 8.00. The Bertz CT molecular complexity index is 765. The van der Waals surface area contributed by atoms with E-state index in [4.69, 9.17) is 5.73 Å². The summed E-state index contributed by atoms with van der Waals surface area (Å²) in [6.07, 6.45) is 1.14. The number of nitro groups is 1. The highest BCUT2D eigenvalue weighted by Gasteiger charge is 2.34. The fraction of sp³-hybridized carbons (Fsp3) is 0.533. The zero-order valence-electron chi connectivity index (χ0n) is 14.0. The lowest BCUT2D eigenvalue weighted by Crippen LogP contribution is -2.46. The largest absolute Gasteiger partial charge is 0.355 e. The van der Waals surface area contributed by atoms with Crippen LogP contribution < -0.4 is 11.1 Å². The molecule has 1 saturated heterocycles. The Balaban J connectivity index is 2.23. The maximum absolute atomic E-state index is 12.8. The van der Waals surface area contributed by atoms with Crippen molar-refractivity contribution in [3.63, 3.8) is 0 Å². The molecule has 3 N–H and O–H groups in total. The molecule has 0 bridgehead atoms. The molecule has 2 rings (SSSR count). The van der Waals surface area contributed by atoms with Crippen molar-refractivity contribution < 1.29 is 18.1 Å². The van der Waals surface area contributed by atoms with Gasteiger partial charge in [-0.1, -0.05) is 6.07 Å². The van der Waals surface area contributed by atoms with Crippen LogP contribution >= 0.6 is 0 Å². The molecule has 1 aromatic carbocycles. The standard InChI is InChI=1S/C15H22N4O5S/c1-11-4-5-13(9-14(11)19(21)22)25(23,24)18-8-2-3-12(10-18)15(20)17-7-6-16/h4-5,9,12H,2-3,6-8,10,16H2,1H3,(H,17,20). The van der Waals surface area contributed by atoms with E-state index in [1.807, 2.05) is 0 Å². The fourth-order valence-electron chi connectivity index (χ4n) is 2.81. The van der Waals surface area contributed by atoms with E-state index in [9.17, 15) is 23.3 Å². The van der Waals surface area contributed by atoms with Gasteiger partial charge in [0.2, 0.25) is 15.9 Å². The smallest absolute Gasteiger partial charge is 0.273 e. The van der Waals surface area contributed by atoms with Crippen molar-refractivity contribution in [3.8, 4) is 0 Å². The van der Waals surface area contributed by atoms with E-state index in [0.29, 0.717) is 31.5 Å². The van der Waals surface area contributed by atoms with Crippen LogP contribution in [0, 0.1) is 23.0 Å². The van der Waals surface area contributed by atoms with Crippen LogP contribution in [0.2, 0.25) is 0 Å². The van der Waals surface area contributed by atoms with Crippen molar-refractivity contribution in [1.29, 1.82) is 0 Å².